The maximum absolute atomic E-state index is 11.7. The van der Waals surface area contributed by atoms with Gasteiger partial charge in [0.25, 0.3) is 0 Å². The lowest BCUT2D eigenvalue weighted by Crippen LogP contribution is -2.35. The number of hydrogen-bond acceptors (Lipinski definition) is 5. The van der Waals surface area contributed by atoms with Gasteiger partial charge in [-0.1, -0.05) is 12.1 Å². The van der Waals surface area contributed by atoms with Crippen LogP contribution in [0.3, 0.4) is 0 Å². The van der Waals surface area contributed by atoms with Crippen LogP contribution in [0.4, 0.5) is 5.69 Å². The first-order valence-electron chi connectivity index (χ1n) is 5.41. The minimum atomic E-state index is -3.47. The summed E-state index contributed by atoms with van der Waals surface area (Å²) in [5.41, 5.74) is 6.73. The molecule has 0 saturated carbocycles. The van der Waals surface area contributed by atoms with Crippen LogP contribution in [0.5, 0.6) is 0 Å². The number of anilines is 1. The Balaban J connectivity index is 2.52. The first-order valence-corrected chi connectivity index (χ1v) is 7.07. The molecular weight excluding hydrogens is 256 g/mol. The second kappa shape index (κ2) is 6.69. The van der Waals surface area contributed by atoms with Crippen molar-refractivity contribution in [2.24, 2.45) is 0 Å². The molecule has 0 bridgehead atoms. The van der Waals surface area contributed by atoms with Gasteiger partial charge in [-0.05, 0) is 17.7 Å². The van der Waals surface area contributed by atoms with Gasteiger partial charge < -0.3 is 15.6 Å². The summed E-state index contributed by atoms with van der Waals surface area (Å²) < 4.78 is 30.4. The minimum Gasteiger partial charge on any atom is -0.399 e. The van der Waals surface area contributed by atoms with Crippen LogP contribution in [-0.4, -0.2) is 39.9 Å². The normalized spacial score (nSPS) is 13.4. The van der Waals surface area contributed by atoms with Crippen molar-refractivity contribution in [2.75, 3.05) is 26.0 Å². The van der Waals surface area contributed by atoms with Crippen LogP contribution in [0.15, 0.2) is 24.3 Å². The zero-order valence-corrected chi connectivity index (χ0v) is 11.0. The molecule has 4 N–H and O–H groups in total. The van der Waals surface area contributed by atoms with E-state index in [9.17, 15) is 13.5 Å². The van der Waals surface area contributed by atoms with Crippen LogP contribution < -0.4 is 10.5 Å². The number of nitrogens with one attached hydrogen (secondary N) is 1. The molecule has 7 heteroatoms. The molecule has 1 aromatic carbocycles. The lowest BCUT2D eigenvalue weighted by Gasteiger charge is -2.11. The number of aliphatic hydroxyl groups is 1. The van der Waals surface area contributed by atoms with Gasteiger partial charge in [0.05, 0.1) is 18.5 Å². The number of hydrogen-bond donors (Lipinski definition) is 3. The van der Waals surface area contributed by atoms with Gasteiger partial charge in [0.15, 0.2) is 0 Å². The van der Waals surface area contributed by atoms with E-state index in [0.29, 0.717) is 11.3 Å². The quantitative estimate of drug-likeness (QED) is 0.592. The van der Waals surface area contributed by atoms with Crippen molar-refractivity contribution in [2.45, 2.75) is 11.9 Å². The van der Waals surface area contributed by atoms with E-state index in [1.54, 1.807) is 24.3 Å². The smallest absolute Gasteiger partial charge is 0.215 e. The number of sulfonamides is 1. The number of aliphatic hydroxyl groups excluding tert-OH is 1. The fraction of sp³-hybridized carbons (Fsp3) is 0.455. The van der Waals surface area contributed by atoms with Crippen LogP contribution >= 0.6 is 0 Å². The molecule has 102 valence electrons. The summed E-state index contributed by atoms with van der Waals surface area (Å²) in [6, 6.07) is 6.59. The maximum atomic E-state index is 11.7. The van der Waals surface area contributed by atoms with Crippen molar-refractivity contribution in [3.63, 3.8) is 0 Å². The number of rotatable bonds is 7. The largest absolute Gasteiger partial charge is 0.399 e. The summed E-state index contributed by atoms with van der Waals surface area (Å²) in [6.45, 7) is 0.0233. The first-order chi connectivity index (χ1) is 8.43. The molecule has 0 aliphatic carbocycles. The van der Waals surface area contributed by atoms with Gasteiger partial charge in [-0.25, -0.2) is 13.1 Å². The highest BCUT2D eigenvalue weighted by molar-refractivity contribution is 7.88. The van der Waals surface area contributed by atoms with Crippen LogP contribution in [0, 0.1) is 0 Å². The lowest BCUT2D eigenvalue weighted by atomic mass is 10.2. The van der Waals surface area contributed by atoms with Gasteiger partial charge in [0, 0.05) is 19.3 Å². The molecule has 0 aliphatic heterocycles. The van der Waals surface area contributed by atoms with Crippen molar-refractivity contribution in [3.8, 4) is 0 Å². The molecule has 0 heterocycles. The summed E-state index contributed by atoms with van der Waals surface area (Å²) >= 11 is 0. The van der Waals surface area contributed by atoms with Crippen LogP contribution in [0.1, 0.15) is 5.56 Å². The van der Waals surface area contributed by atoms with E-state index < -0.39 is 16.1 Å². The summed E-state index contributed by atoms with van der Waals surface area (Å²) in [5, 5.41) is 9.35. The highest BCUT2D eigenvalue weighted by Crippen LogP contribution is 2.08. The Morgan fingerprint density at radius 3 is 2.56 bits per heavy atom. The molecule has 0 fully saturated rings. The van der Waals surface area contributed by atoms with Crippen molar-refractivity contribution < 1.29 is 18.3 Å². The summed E-state index contributed by atoms with van der Waals surface area (Å²) in [6.07, 6.45) is -0.851. The first kappa shape index (κ1) is 14.9. The molecule has 0 spiro atoms. The van der Waals surface area contributed by atoms with E-state index in [2.05, 4.69) is 4.72 Å². The van der Waals surface area contributed by atoms with Gasteiger partial charge in [0.2, 0.25) is 10.0 Å². The van der Waals surface area contributed by atoms with E-state index in [1.807, 2.05) is 0 Å². The third-order valence-corrected chi connectivity index (χ3v) is 3.55. The Labute approximate surface area is 107 Å². The SMILES string of the molecule is COCC(O)CNS(=O)(=O)Cc1ccc(N)cc1. The van der Waals surface area contributed by atoms with Crippen molar-refractivity contribution in [1.29, 1.82) is 0 Å². The standard InChI is InChI=1S/C11H18N2O4S/c1-17-7-11(14)6-13-18(15,16)8-9-2-4-10(12)5-3-9/h2-5,11,13-14H,6-8,12H2,1H3. The topological polar surface area (TPSA) is 102 Å². The van der Waals surface area contributed by atoms with Gasteiger partial charge >= 0.3 is 0 Å². The van der Waals surface area contributed by atoms with Crippen LogP contribution in [0.2, 0.25) is 0 Å². The van der Waals surface area contributed by atoms with Crippen molar-refractivity contribution >= 4 is 15.7 Å². The van der Waals surface area contributed by atoms with Gasteiger partial charge in [-0.3, -0.25) is 0 Å². The lowest BCUT2D eigenvalue weighted by molar-refractivity contribution is 0.0679. The molecule has 1 rings (SSSR count). The predicted octanol–water partition coefficient (Wildman–Crippen LogP) is -0.304. The Morgan fingerprint density at radius 2 is 2.00 bits per heavy atom. The molecule has 0 amide bonds. The molecule has 6 nitrogen and oxygen atoms in total. The Hall–Kier alpha value is -1.15. The number of nitrogen functional groups attached to an aromatic ring is 1. The molecule has 1 atom stereocenters. The third kappa shape index (κ3) is 5.46. The molecule has 18 heavy (non-hydrogen) atoms. The highest BCUT2D eigenvalue weighted by Gasteiger charge is 2.13. The van der Waals surface area contributed by atoms with Gasteiger partial charge in [0.1, 0.15) is 0 Å². The molecule has 1 unspecified atom stereocenters. The van der Waals surface area contributed by atoms with E-state index in [0.717, 1.165) is 0 Å². The van der Waals surface area contributed by atoms with Crippen molar-refractivity contribution in [3.05, 3.63) is 29.8 Å². The monoisotopic (exact) mass is 274 g/mol. The van der Waals surface area contributed by atoms with Gasteiger partial charge in [-0.2, -0.15) is 0 Å². The number of ether oxygens (including phenoxy) is 1. The van der Waals surface area contributed by atoms with E-state index in [-0.39, 0.29) is 18.9 Å². The van der Waals surface area contributed by atoms with Crippen LogP contribution in [-0.2, 0) is 20.5 Å². The average Bonchev–Trinajstić information content (AvgIpc) is 2.30. The Morgan fingerprint density at radius 1 is 1.39 bits per heavy atom. The summed E-state index contributed by atoms with van der Waals surface area (Å²) in [5.74, 6) is -0.146. The summed E-state index contributed by atoms with van der Waals surface area (Å²) in [4.78, 5) is 0. The van der Waals surface area contributed by atoms with E-state index >= 15 is 0 Å². The Bertz CT molecular complexity index is 458. The highest BCUT2D eigenvalue weighted by atomic mass is 32.2. The fourth-order valence-corrected chi connectivity index (χ4v) is 2.54. The average molecular weight is 274 g/mol. The molecule has 0 radical (unpaired) electrons. The maximum Gasteiger partial charge on any atom is 0.215 e. The van der Waals surface area contributed by atoms with E-state index in [1.165, 1.54) is 7.11 Å². The zero-order chi connectivity index (χ0) is 13.6. The molecule has 0 saturated heterocycles. The number of methoxy groups -OCH3 is 1. The second-order valence-corrected chi connectivity index (χ2v) is 5.77. The molecule has 0 aliphatic rings. The fourth-order valence-electron chi connectivity index (χ4n) is 1.36. The Kier molecular flexibility index (Phi) is 5.54. The zero-order valence-electron chi connectivity index (χ0n) is 10.2. The number of benzene rings is 1. The predicted molar refractivity (Wildman–Crippen MR) is 69.4 cm³/mol. The molecular formula is C11H18N2O4S. The van der Waals surface area contributed by atoms with Crippen molar-refractivity contribution in [1.82, 2.24) is 4.72 Å². The summed E-state index contributed by atoms with van der Waals surface area (Å²) in [7, 11) is -2.03. The van der Waals surface area contributed by atoms with Crippen LogP contribution in [0.25, 0.3) is 0 Å². The third-order valence-electron chi connectivity index (χ3n) is 2.23. The van der Waals surface area contributed by atoms with Gasteiger partial charge in [-0.15, -0.1) is 0 Å². The second-order valence-electron chi connectivity index (χ2n) is 3.96. The number of nitrogens with two attached hydrogens (primary N) is 1. The molecule has 0 aromatic heterocycles. The minimum absolute atomic E-state index is 0.0643. The molecule has 1 aromatic rings. The van der Waals surface area contributed by atoms with E-state index in [4.69, 9.17) is 10.5 Å².